The van der Waals surface area contributed by atoms with Crippen molar-refractivity contribution >= 4 is 45.0 Å². The van der Waals surface area contributed by atoms with Gasteiger partial charge in [0, 0.05) is 48.3 Å². The molecule has 0 spiro atoms. The summed E-state index contributed by atoms with van der Waals surface area (Å²) in [6, 6.07) is 11.2. The molecule has 1 saturated heterocycles. The predicted molar refractivity (Wildman–Crippen MR) is 140 cm³/mol. The molecule has 0 saturated carbocycles. The number of carbonyl (C=O) groups is 1. The summed E-state index contributed by atoms with van der Waals surface area (Å²) in [5.74, 6) is -0.104. The number of benzene rings is 2. The van der Waals surface area contributed by atoms with Crippen LogP contribution in [0.1, 0.15) is 13.3 Å². The summed E-state index contributed by atoms with van der Waals surface area (Å²) in [5, 5.41) is 2.59. The molecule has 0 bridgehead atoms. The van der Waals surface area contributed by atoms with Crippen LogP contribution in [-0.4, -0.2) is 59.0 Å². The minimum absolute atomic E-state index is 0.00150. The SMILES string of the molecule is C/C=C/C(=O)N1CCC(N(C)c2nc(OC)nc3c(F)c(-c4cccc5cccc(Cl)c45)ncc23)C1. The Bertz CT molecular complexity index is 1500. The number of carbonyl (C=O) groups excluding carboxylic acids is 1. The average molecular weight is 506 g/mol. The van der Waals surface area contributed by atoms with Crippen LogP contribution in [0.4, 0.5) is 10.2 Å². The number of methoxy groups -OCH3 is 1. The topological polar surface area (TPSA) is 71.5 Å². The number of pyridine rings is 1. The molecule has 9 heteroatoms. The summed E-state index contributed by atoms with van der Waals surface area (Å²) in [7, 11) is 3.33. The van der Waals surface area contributed by atoms with E-state index < -0.39 is 5.82 Å². The van der Waals surface area contributed by atoms with Gasteiger partial charge in [-0.3, -0.25) is 9.78 Å². The molecule has 1 atom stereocenters. The number of allylic oxidation sites excluding steroid dienone is 1. The Labute approximate surface area is 213 Å². The molecule has 0 aliphatic carbocycles. The number of rotatable bonds is 5. The van der Waals surface area contributed by atoms with Gasteiger partial charge in [-0.15, -0.1) is 0 Å². The monoisotopic (exact) mass is 505 g/mol. The van der Waals surface area contributed by atoms with Crippen LogP contribution < -0.4 is 9.64 Å². The van der Waals surface area contributed by atoms with Gasteiger partial charge in [-0.1, -0.05) is 48.0 Å². The fraction of sp³-hybridized carbons (Fsp3) is 0.259. The highest BCUT2D eigenvalue weighted by Crippen LogP contribution is 2.37. The van der Waals surface area contributed by atoms with Crippen molar-refractivity contribution < 1.29 is 13.9 Å². The third-order valence-corrected chi connectivity index (χ3v) is 6.92. The van der Waals surface area contributed by atoms with Crippen molar-refractivity contribution in [2.45, 2.75) is 19.4 Å². The van der Waals surface area contributed by atoms with Gasteiger partial charge in [0.1, 0.15) is 17.0 Å². The molecule has 1 amide bonds. The van der Waals surface area contributed by atoms with Crippen LogP contribution in [0.25, 0.3) is 32.9 Å². The van der Waals surface area contributed by atoms with E-state index in [2.05, 4.69) is 15.0 Å². The summed E-state index contributed by atoms with van der Waals surface area (Å²) in [6.45, 7) is 2.99. The Kier molecular flexibility index (Phi) is 6.45. The second kappa shape index (κ2) is 9.70. The number of aromatic nitrogens is 3. The lowest BCUT2D eigenvalue weighted by Crippen LogP contribution is -2.36. The number of hydrogen-bond donors (Lipinski definition) is 0. The molecule has 5 rings (SSSR count). The van der Waals surface area contributed by atoms with E-state index in [0.717, 1.165) is 17.2 Å². The number of ether oxygens (including phenoxy) is 1. The van der Waals surface area contributed by atoms with Crippen molar-refractivity contribution in [3.63, 3.8) is 0 Å². The Hall–Kier alpha value is -3.78. The van der Waals surface area contributed by atoms with Crippen LogP contribution in [0, 0.1) is 5.82 Å². The van der Waals surface area contributed by atoms with E-state index in [-0.39, 0.29) is 29.2 Å². The molecule has 0 N–H and O–H groups in total. The zero-order chi connectivity index (χ0) is 25.4. The average Bonchev–Trinajstić information content (AvgIpc) is 3.39. The van der Waals surface area contributed by atoms with Crippen LogP contribution in [0.15, 0.2) is 54.7 Å². The largest absolute Gasteiger partial charge is 0.467 e. The molecule has 1 unspecified atom stereocenters. The van der Waals surface area contributed by atoms with Crippen molar-refractivity contribution in [2.24, 2.45) is 0 Å². The van der Waals surface area contributed by atoms with E-state index in [4.69, 9.17) is 16.3 Å². The molecular formula is C27H25ClFN5O2. The highest BCUT2D eigenvalue weighted by atomic mass is 35.5. The molecule has 0 radical (unpaired) electrons. The first kappa shape index (κ1) is 23.9. The third kappa shape index (κ3) is 4.11. The molecule has 4 aromatic rings. The Morgan fingerprint density at radius 3 is 2.78 bits per heavy atom. The zero-order valence-electron chi connectivity index (χ0n) is 20.2. The van der Waals surface area contributed by atoms with Gasteiger partial charge < -0.3 is 14.5 Å². The molecule has 36 heavy (non-hydrogen) atoms. The van der Waals surface area contributed by atoms with E-state index in [9.17, 15) is 4.79 Å². The van der Waals surface area contributed by atoms with Crippen LogP contribution in [0.5, 0.6) is 6.01 Å². The lowest BCUT2D eigenvalue weighted by Gasteiger charge is -2.27. The number of fused-ring (bicyclic) bond motifs is 2. The van der Waals surface area contributed by atoms with E-state index in [1.807, 2.05) is 43.1 Å². The molecule has 184 valence electrons. The number of likely N-dealkylation sites (tertiary alicyclic amines) is 1. The zero-order valence-corrected chi connectivity index (χ0v) is 21.0. The Balaban J connectivity index is 1.61. The second-order valence-electron chi connectivity index (χ2n) is 8.70. The summed E-state index contributed by atoms with van der Waals surface area (Å²) < 4.78 is 21.4. The van der Waals surface area contributed by atoms with Gasteiger partial charge in [-0.25, -0.2) is 4.39 Å². The highest BCUT2D eigenvalue weighted by molar-refractivity contribution is 6.36. The van der Waals surface area contributed by atoms with Gasteiger partial charge in [0.25, 0.3) is 0 Å². The summed E-state index contributed by atoms with van der Waals surface area (Å²) in [5.41, 5.74) is 0.844. The molecule has 2 aromatic carbocycles. The fourth-order valence-corrected chi connectivity index (χ4v) is 5.02. The minimum atomic E-state index is -0.577. The summed E-state index contributed by atoms with van der Waals surface area (Å²) in [4.78, 5) is 29.4. The van der Waals surface area contributed by atoms with E-state index in [1.165, 1.54) is 7.11 Å². The van der Waals surface area contributed by atoms with Gasteiger partial charge in [0.2, 0.25) is 5.91 Å². The van der Waals surface area contributed by atoms with Gasteiger partial charge in [0.05, 0.1) is 12.5 Å². The van der Waals surface area contributed by atoms with Crippen molar-refractivity contribution in [3.8, 4) is 17.3 Å². The maximum absolute atomic E-state index is 16.1. The molecule has 1 aliphatic heterocycles. The molecule has 1 fully saturated rings. The summed E-state index contributed by atoms with van der Waals surface area (Å²) in [6.07, 6.45) is 5.64. The van der Waals surface area contributed by atoms with Crippen LogP contribution in [-0.2, 0) is 4.79 Å². The number of hydrogen-bond acceptors (Lipinski definition) is 6. The predicted octanol–water partition coefficient (Wildman–Crippen LogP) is 5.26. The number of nitrogens with zero attached hydrogens (tertiary/aromatic N) is 5. The first-order valence-corrected chi connectivity index (χ1v) is 12.0. The molecule has 3 heterocycles. The van der Waals surface area contributed by atoms with Crippen LogP contribution in [0.3, 0.4) is 0 Å². The Morgan fingerprint density at radius 1 is 1.25 bits per heavy atom. The quantitative estimate of drug-likeness (QED) is 0.345. The minimum Gasteiger partial charge on any atom is -0.467 e. The van der Waals surface area contributed by atoms with Gasteiger partial charge in [-0.05, 0) is 30.9 Å². The first-order chi connectivity index (χ1) is 17.4. The smallest absolute Gasteiger partial charge is 0.318 e. The van der Waals surface area contributed by atoms with E-state index in [1.54, 1.807) is 35.4 Å². The lowest BCUT2D eigenvalue weighted by atomic mass is 10.0. The van der Waals surface area contributed by atoms with Crippen molar-refractivity contribution in [3.05, 3.63) is 65.6 Å². The van der Waals surface area contributed by atoms with Crippen LogP contribution >= 0.6 is 11.6 Å². The van der Waals surface area contributed by atoms with Gasteiger partial charge in [-0.2, -0.15) is 9.97 Å². The van der Waals surface area contributed by atoms with E-state index >= 15 is 4.39 Å². The van der Waals surface area contributed by atoms with E-state index in [0.29, 0.717) is 34.9 Å². The fourth-order valence-electron chi connectivity index (χ4n) is 4.74. The van der Waals surface area contributed by atoms with Gasteiger partial charge >= 0.3 is 6.01 Å². The maximum Gasteiger partial charge on any atom is 0.318 e. The summed E-state index contributed by atoms with van der Waals surface area (Å²) >= 11 is 6.49. The van der Waals surface area contributed by atoms with Crippen molar-refractivity contribution in [1.82, 2.24) is 19.9 Å². The number of amides is 1. The molecule has 1 aliphatic rings. The van der Waals surface area contributed by atoms with Crippen molar-refractivity contribution in [2.75, 3.05) is 32.1 Å². The number of likely N-dealkylation sites (N-methyl/N-ethyl adjacent to an activating group) is 1. The normalized spacial score (nSPS) is 15.8. The standard InChI is InChI=1S/C27H25ClFN5O2/c1-4-7-21(35)34-13-12-17(15-34)33(2)26-19-14-30-24(23(29)25(19)31-27(32-26)36-3)18-10-5-8-16-9-6-11-20(28)22(16)18/h4-11,14,17H,12-13,15H2,1-3H3/b7-4+. The van der Waals surface area contributed by atoms with Crippen molar-refractivity contribution in [1.29, 1.82) is 0 Å². The molecule has 2 aromatic heterocycles. The first-order valence-electron chi connectivity index (χ1n) is 11.6. The lowest BCUT2D eigenvalue weighted by molar-refractivity contribution is -0.125. The molecule has 7 nitrogen and oxygen atoms in total. The number of anilines is 1. The van der Waals surface area contributed by atoms with Gasteiger partial charge in [0.15, 0.2) is 5.82 Å². The second-order valence-corrected chi connectivity index (χ2v) is 9.11. The maximum atomic E-state index is 16.1. The third-order valence-electron chi connectivity index (χ3n) is 6.60. The van der Waals surface area contributed by atoms with Crippen LogP contribution in [0.2, 0.25) is 5.02 Å². The Morgan fingerprint density at radius 2 is 2.03 bits per heavy atom. The number of halogens is 2. The molecular weight excluding hydrogens is 481 g/mol. The highest BCUT2D eigenvalue weighted by Gasteiger charge is 2.30.